The van der Waals surface area contributed by atoms with E-state index >= 15 is 0 Å². The van der Waals surface area contributed by atoms with Crippen molar-refractivity contribution in [3.8, 4) is 0 Å². The van der Waals surface area contributed by atoms with E-state index in [9.17, 15) is 0 Å². The van der Waals surface area contributed by atoms with Crippen molar-refractivity contribution < 1.29 is 0 Å². The summed E-state index contributed by atoms with van der Waals surface area (Å²) in [5, 5.41) is 0. The van der Waals surface area contributed by atoms with Crippen molar-refractivity contribution in [1.82, 2.24) is 9.80 Å². The maximum atomic E-state index is 5.22. The quantitative estimate of drug-likeness (QED) is 0.685. The van der Waals surface area contributed by atoms with Gasteiger partial charge < -0.3 is 9.80 Å². The van der Waals surface area contributed by atoms with Crippen LogP contribution >= 0.6 is 23.1 Å². The van der Waals surface area contributed by atoms with Gasteiger partial charge in [-0.1, -0.05) is 23.9 Å². The van der Waals surface area contributed by atoms with Crippen molar-refractivity contribution >= 4 is 34.6 Å². The third kappa shape index (κ3) is 2.82. The minimum Gasteiger partial charge on any atom is -0.353 e. The maximum absolute atomic E-state index is 5.22. The lowest BCUT2D eigenvalue weighted by molar-refractivity contribution is 0.215. The predicted octanol–water partition coefficient (Wildman–Crippen LogP) is 4.42. The van der Waals surface area contributed by atoms with Crippen LogP contribution in [0.25, 0.3) is 0 Å². The van der Waals surface area contributed by atoms with Crippen molar-refractivity contribution in [1.29, 1.82) is 0 Å². The Kier molecular flexibility index (Phi) is 4.11. The van der Waals surface area contributed by atoms with Crippen LogP contribution in [0.4, 0.5) is 5.69 Å². The summed E-state index contributed by atoms with van der Waals surface area (Å²) in [4.78, 5) is 13.1. The van der Waals surface area contributed by atoms with Gasteiger partial charge in [0.25, 0.3) is 0 Å². The third-order valence-electron chi connectivity index (χ3n) is 5.46. The summed E-state index contributed by atoms with van der Waals surface area (Å²) in [7, 11) is 2.22. The fraction of sp³-hybridized carbons (Fsp3) is 0.450. The van der Waals surface area contributed by atoms with Crippen LogP contribution in [0.5, 0.6) is 0 Å². The van der Waals surface area contributed by atoms with Gasteiger partial charge in [0.15, 0.2) is 0 Å². The Morgan fingerprint density at radius 1 is 1.00 bits per heavy atom. The molecule has 0 amide bonds. The number of fused-ring (bicyclic) bond motifs is 4. The lowest BCUT2D eigenvalue weighted by Crippen LogP contribution is -2.47. The first-order valence-electron chi connectivity index (χ1n) is 9.23. The van der Waals surface area contributed by atoms with Gasteiger partial charge in [0.1, 0.15) is 5.84 Å². The topological polar surface area (TPSA) is 18.8 Å². The summed E-state index contributed by atoms with van der Waals surface area (Å²) in [5.74, 6) is 1.24. The molecular weight excluding hydrogens is 346 g/mol. The van der Waals surface area contributed by atoms with Crippen molar-refractivity contribution in [2.75, 3.05) is 33.2 Å². The Bertz CT molecular complexity index is 831. The first-order valence-corrected chi connectivity index (χ1v) is 10.9. The van der Waals surface area contributed by atoms with E-state index in [2.05, 4.69) is 41.1 Å². The number of nitrogens with zero attached hydrogens (tertiary/aromatic N) is 3. The van der Waals surface area contributed by atoms with E-state index in [1.807, 2.05) is 23.1 Å². The standard InChI is InChI=1S/C20H23N3S2/c1-22-10-12-23(13-11-22)19-18-14-6-2-4-8-16(14)24-20(18)25-17-9-5-3-7-15(17)21-19/h3,5,7,9H,2,4,6,8,10-13H2,1H3. The zero-order chi connectivity index (χ0) is 16.8. The number of aliphatic imine (C=N–C) groups is 1. The van der Waals surface area contributed by atoms with E-state index in [0.29, 0.717) is 0 Å². The number of aryl methyl sites for hydroxylation is 1. The molecule has 0 atom stereocenters. The Labute approximate surface area is 157 Å². The summed E-state index contributed by atoms with van der Waals surface area (Å²) in [6, 6.07) is 8.63. The van der Waals surface area contributed by atoms with Gasteiger partial charge >= 0.3 is 0 Å². The highest BCUT2D eigenvalue weighted by Crippen LogP contribution is 2.48. The summed E-state index contributed by atoms with van der Waals surface area (Å²) >= 11 is 3.96. The van der Waals surface area contributed by atoms with Crippen LogP contribution in [-0.2, 0) is 12.8 Å². The maximum Gasteiger partial charge on any atom is 0.138 e. The number of benzene rings is 1. The molecule has 3 nitrogen and oxygen atoms in total. The molecule has 0 N–H and O–H groups in total. The monoisotopic (exact) mass is 369 g/mol. The first kappa shape index (κ1) is 15.9. The molecule has 5 heteroatoms. The number of hydrogen-bond acceptors (Lipinski definition) is 5. The van der Waals surface area contributed by atoms with Gasteiger partial charge in [0.2, 0.25) is 0 Å². The summed E-state index contributed by atoms with van der Waals surface area (Å²) in [6.07, 6.45) is 5.15. The second kappa shape index (κ2) is 6.45. The summed E-state index contributed by atoms with van der Waals surface area (Å²) in [6.45, 7) is 4.39. The molecule has 1 aromatic carbocycles. The van der Waals surface area contributed by atoms with Crippen LogP contribution < -0.4 is 0 Å². The second-order valence-corrected chi connectivity index (χ2v) is 9.58. The van der Waals surface area contributed by atoms with Gasteiger partial charge in [-0.15, -0.1) is 11.3 Å². The predicted molar refractivity (Wildman–Crippen MR) is 107 cm³/mol. The van der Waals surface area contributed by atoms with E-state index in [4.69, 9.17) is 4.99 Å². The van der Waals surface area contributed by atoms with E-state index in [1.165, 1.54) is 46.2 Å². The van der Waals surface area contributed by atoms with Crippen molar-refractivity contribution in [3.63, 3.8) is 0 Å². The smallest absolute Gasteiger partial charge is 0.138 e. The summed E-state index contributed by atoms with van der Waals surface area (Å²) < 4.78 is 1.47. The molecule has 0 unspecified atom stereocenters. The SMILES string of the molecule is CN1CCN(C2=Nc3ccccc3Sc3sc4c(c32)CCCC4)CC1. The van der Waals surface area contributed by atoms with Crippen LogP contribution in [0.2, 0.25) is 0 Å². The molecule has 1 aromatic heterocycles. The van der Waals surface area contributed by atoms with Gasteiger partial charge in [0, 0.05) is 41.5 Å². The van der Waals surface area contributed by atoms with Crippen molar-refractivity contribution in [2.24, 2.45) is 4.99 Å². The number of rotatable bonds is 0. The van der Waals surface area contributed by atoms with Crippen LogP contribution in [-0.4, -0.2) is 48.9 Å². The molecule has 3 heterocycles. The summed E-state index contributed by atoms with van der Waals surface area (Å²) in [5.41, 5.74) is 4.20. The van der Waals surface area contributed by atoms with Gasteiger partial charge in [0.05, 0.1) is 9.90 Å². The molecule has 1 fully saturated rings. The molecule has 3 aliphatic rings. The lowest BCUT2D eigenvalue weighted by atomic mass is 9.95. The van der Waals surface area contributed by atoms with Crippen LogP contribution in [0.15, 0.2) is 38.4 Å². The Hall–Kier alpha value is -1.30. The Morgan fingerprint density at radius 2 is 1.80 bits per heavy atom. The molecule has 2 aromatic rings. The molecule has 1 saturated heterocycles. The number of thiophene rings is 1. The number of piperazine rings is 1. The van der Waals surface area contributed by atoms with Gasteiger partial charge in [-0.3, -0.25) is 0 Å². The van der Waals surface area contributed by atoms with Crippen LogP contribution in [0.1, 0.15) is 28.8 Å². The number of amidine groups is 1. The van der Waals surface area contributed by atoms with E-state index in [0.717, 1.165) is 31.9 Å². The van der Waals surface area contributed by atoms with Crippen LogP contribution in [0, 0.1) is 0 Å². The van der Waals surface area contributed by atoms with Crippen molar-refractivity contribution in [3.05, 3.63) is 40.3 Å². The van der Waals surface area contributed by atoms with E-state index in [-0.39, 0.29) is 0 Å². The second-order valence-electron chi connectivity index (χ2n) is 7.17. The van der Waals surface area contributed by atoms with Gasteiger partial charge in [-0.2, -0.15) is 0 Å². The number of para-hydroxylation sites is 1. The minimum absolute atomic E-state index is 1.08. The molecule has 0 bridgehead atoms. The van der Waals surface area contributed by atoms with Gasteiger partial charge in [-0.05, 0) is 50.4 Å². The Morgan fingerprint density at radius 3 is 2.68 bits per heavy atom. The zero-order valence-corrected chi connectivity index (χ0v) is 16.3. The molecule has 130 valence electrons. The molecule has 0 spiro atoms. The molecule has 0 radical (unpaired) electrons. The molecule has 2 aliphatic heterocycles. The Balaban J connectivity index is 1.66. The largest absolute Gasteiger partial charge is 0.353 e. The highest BCUT2D eigenvalue weighted by atomic mass is 32.2. The minimum atomic E-state index is 1.08. The number of likely N-dealkylation sites (N-methyl/N-ethyl adjacent to an activating group) is 1. The average molecular weight is 370 g/mol. The zero-order valence-electron chi connectivity index (χ0n) is 14.6. The van der Waals surface area contributed by atoms with Crippen LogP contribution in [0.3, 0.4) is 0 Å². The molecular formula is C20H23N3S2. The third-order valence-corrected chi connectivity index (χ3v) is 8.00. The number of hydrogen-bond donors (Lipinski definition) is 0. The molecule has 5 rings (SSSR count). The fourth-order valence-electron chi connectivity index (χ4n) is 3.99. The highest BCUT2D eigenvalue weighted by molar-refractivity contribution is 8.01. The average Bonchev–Trinajstić information content (AvgIpc) is 2.91. The normalized spacial score (nSPS) is 20.4. The first-order chi connectivity index (χ1) is 12.3. The fourth-order valence-corrected chi connectivity index (χ4v) is 6.72. The van der Waals surface area contributed by atoms with E-state index < -0.39 is 0 Å². The molecule has 25 heavy (non-hydrogen) atoms. The lowest BCUT2D eigenvalue weighted by Gasteiger charge is -2.35. The van der Waals surface area contributed by atoms with Crippen molar-refractivity contribution in [2.45, 2.75) is 34.8 Å². The highest BCUT2D eigenvalue weighted by Gasteiger charge is 2.30. The van der Waals surface area contributed by atoms with Gasteiger partial charge in [-0.25, -0.2) is 4.99 Å². The molecule has 0 saturated carbocycles. The van der Waals surface area contributed by atoms with E-state index in [1.54, 1.807) is 10.4 Å². The molecule has 1 aliphatic carbocycles.